The highest BCUT2D eigenvalue weighted by molar-refractivity contribution is 7.98. The van der Waals surface area contributed by atoms with E-state index in [9.17, 15) is 9.59 Å². The second-order valence-electron chi connectivity index (χ2n) is 13.1. The third-order valence-electron chi connectivity index (χ3n) is 8.46. The molecule has 0 saturated carbocycles. The Kier molecular flexibility index (Phi) is 8.51. The molecule has 0 saturated heterocycles. The molecule has 13 heteroatoms. The van der Waals surface area contributed by atoms with E-state index in [2.05, 4.69) is 15.3 Å². The number of nitrogens with one attached hydrogen (secondary N) is 1. The molecule has 1 N–H and O–H groups in total. The summed E-state index contributed by atoms with van der Waals surface area (Å²) in [6, 6.07) is 5.66. The molecule has 45 heavy (non-hydrogen) atoms. The molecule has 0 radical (unpaired) electrons. The predicted octanol–water partition coefficient (Wildman–Crippen LogP) is 5.81. The number of rotatable bonds is 4. The first kappa shape index (κ1) is 31.6. The summed E-state index contributed by atoms with van der Waals surface area (Å²) in [6.07, 6.45) is 5.46. The Morgan fingerprint density at radius 3 is 2.67 bits per heavy atom. The van der Waals surface area contributed by atoms with Crippen LogP contribution in [0.15, 0.2) is 23.4 Å². The van der Waals surface area contributed by atoms with Crippen molar-refractivity contribution in [3.05, 3.63) is 57.0 Å². The van der Waals surface area contributed by atoms with Crippen molar-refractivity contribution >= 4 is 46.9 Å². The molecule has 1 spiro atoms. The van der Waals surface area contributed by atoms with Crippen LogP contribution in [-0.2, 0) is 47.6 Å². The Morgan fingerprint density at radius 1 is 1.13 bits per heavy atom. The van der Waals surface area contributed by atoms with Crippen molar-refractivity contribution in [1.82, 2.24) is 24.6 Å². The smallest absolute Gasteiger partial charge is 0.412 e. The lowest BCUT2D eigenvalue weighted by molar-refractivity contribution is -0.0855. The summed E-state index contributed by atoms with van der Waals surface area (Å²) in [5.74, 6) is 0.756. The molecule has 2 aliphatic heterocycles. The second-order valence-corrected chi connectivity index (χ2v) is 14.3. The van der Waals surface area contributed by atoms with E-state index >= 15 is 0 Å². The van der Waals surface area contributed by atoms with Crippen LogP contribution in [0.25, 0.3) is 0 Å². The summed E-state index contributed by atoms with van der Waals surface area (Å²) in [7, 11) is 3.47. The first-order valence-electron chi connectivity index (χ1n) is 15.3. The Bertz CT molecular complexity index is 1650. The standard InChI is InChI=1S/C32H40ClN7O4S/c1-31(2,3)44-30(42)34-19-13-23-21(24(33)14-19)9-7-10-32(23)16-26-22(18-43-32)27(36-29(35-26)45-6)39-11-8-12-40-20(17-39)15-25(37-40)28(41)38(4)5/h13-15H,7-12,16-18H2,1-6H3,(H,34,42). The number of halogens is 1. The summed E-state index contributed by atoms with van der Waals surface area (Å²) in [5, 5.41) is 8.77. The van der Waals surface area contributed by atoms with Crippen LogP contribution in [0.2, 0.25) is 5.02 Å². The van der Waals surface area contributed by atoms with E-state index in [1.807, 2.05) is 43.8 Å². The summed E-state index contributed by atoms with van der Waals surface area (Å²) in [5.41, 5.74) is 4.73. The molecule has 0 fully saturated rings. The third kappa shape index (κ3) is 6.37. The molecule has 6 rings (SSSR count). The topological polar surface area (TPSA) is 115 Å². The van der Waals surface area contributed by atoms with Crippen molar-refractivity contribution in [1.29, 1.82) is 0 Å². The zero-order valence-corrected chi connectivity index (χ0v) is 28.3. The number of ether oxygens (including phenoxy) is 2. The molecule has 4 heterocycles. The van der Waals surface area contributed by atoms with Crippen LogP contribution in [0.5, 0.6) is 0 Å². The Balaban J connectivity index is 1.33. The fourth-order valence-electron chi connectivity index (χ4n) is 6.46. The van der Waals surface area contributed by atoms with Gasteiger partial charge in [-0.3, -0.25) is 14.8 Å². The van der Waals surface area contributed by atoms with Crippen molar-refractivity contribution < 1.29 is 19.1 Å². The molecule has 1 atom stereocenters. The summed E-state index contributed by atoms with van der Waals surface area (Å²) >= 11 is 8.34. The van der Waals surface area contributed by atoms with E-state index in [0.717, 1.165) is 72.7 Å². The maximum absolute atomic E-state index is 12.6. The number of aromatic nitrogens is 4. The minimum Gasteiger partial charge on any atom is -0.444 e. The van der Waals surface area contributed by atoms with E-state index in [1.54, 1.807) is 25.1 Å². The average Bonchev–Trinajstić information content (AvgIpc) is 3.26. The van der Waals surface area contributed by atoms with Crippen LogP contribution >= 0.6 is 23.4 Å². The lowest BCUT2D eigenvalue weighted by Gasteiger charge is -2.43. The van der Waals surface area contributed by atoms with E-state index < -0.39 is 17.3 Å². The molecule has 11 nitrogen and oxygen atoms in total. The van der Waals surface area contributed by atoms with Gasteiger partial charge in [-0.25, -0.2) is 14.8 Å². The molecule has 3 aliphatic rings. The van der Waals surface area contributed by atoms with Crippen LogP contribution in [0.1, 0.15) is 78.6 Å². The van der Waals surface area contributed by atoms with Crippen LogP contribution in [0, 0.1) is 0 Å². The monoisotopic (exact) mass is 653 g/mol. The number of benzene rings is 1. The van der Waals surface area contributed by atoms with Gasteiger partial charge < -0.3 is 19.3 Å². The molecule has 2 amide bonds. The molecule has 3 aromatic rings. The molecule has 240 valence electrons. The van der Waals surface area contributed by atoms with Crippen LogP contribution in [-0.4, -0.2) is 69.1 Å². The van der Waals surface area contributed by atoms with Gasteiger partial charge in [0.05, 0.1) is 30.1 Å². The normalized spacial score (nSPS) is 19.3. The molecule has 0 bridgehead atoms. The zero-order valence-electron chi connectivity index (χ0n) is 26.7. The number of aryl methyl sites for hydroxylation is 1. The van der Waals surface area contributed by atoms with E-state index in [-0.39, 0.29) is 5.91 Å². The first-order valence-corrected chi connectivity index (χ1v) is 16.9. The number of hydrogen-bond donors (Lipinski definition) is 1. The van der Waals surface area contributed by atoms with Gasteiger partial charge in [0.25, 0.3) is 5.91 Å². The highest BCUT2D eigenvalue weighted by Crippen LogP contribution is 2.48. The van der Waals surface area contributed by atoms with Crippen molar-refractivity contribution in [3.8, 4) is 0 Å². The lowest BCUT2D eigenvalue weighted by atomic mass is 9.74. The Labute approximate surface area is 273 Å². The van der Waals surface area contributed by atoms with Gasteiger partial charge in [0, 0.05) is 49.9 Å². The minimum absolute atomic E-state index is 0.109. The fourth-order valence-corrected chi connectivity index (χ4v) is 7.15. The molecule has 1 unspecified atom stereocenters. The van der Waals surface area contributed by atoms with Crippen LogP contribution in [0.3, 0.4) is 0 Å². The number of hydrogen-bond acceptors (Lipinski definition) is 9. The quantitative estimate of drug-likeness (QED) is 0.275. The molecular weight excluding hydrogens is 614 g/mol. The number of nitrogens with zero attached hydrogens (tertiary/aromatic N) is 6. The van der Waals surface area contributed by atoms with Crippen LogP contribution < -0.4 is 10.2 Å². The highest BCUT2D eigenvalue weighted by atomic mass is 35.5. The number of fused-ring (bicyclic) bond motifs is 4. The van der Waals surface area contributed by atoms with Gasteiger partial charge in [0.1, 0.15) is 11.4 Å². The molecule has 2 aromatic heterocycles. The number of anilines is 2. The maximum Gasteiger partial charge on any atom is 0.412 e. The average molecular weight is 654 g/mol. The van der Waals surface area contributed by atoms with Gasteiger partial charge in [0.15, 0.2) is 10.9 Å². The van der Waals surface area contributed by atoms with E-state index in [4.69, 9.17) is 31.0 Å². The van der Waals surface area contributed by atoms with Crippen molar-refractivity contribution in [3.63, 3.8) is 0 Å². The number of carbonyl (C=O) groups excluding carboxylic acids is 2. The van der Waals surface area contributed by atoms with Crippen LogP contribution in [0.4, 0.5) is 16.3 Å². The maximum atomic E-state index is 12.6. The third-order valence-corrected chi connectivity index (χ3v) is 9.34. The largest absolute Gasteiger partial charge is 0.444 e. The summed E-state index contributed by atoms with van der Waals surface area (Å²) in [4.78, 5) is 39.0. The van der Waals surface area contributed by atoms with Crippen molar-refractivity contribution in [2.45, 2.75) is 88.9 Å². The molecule has 1 aliphatic carbocycles. The lowest BCUT2D eigenvalue weighted by Crippen LogP contribution is -2.41. The van der Waals surface area contributed by atoms with E-state index in [0.29, 0.717) is 41.1 Å². The summed E-state index contributed by atoms with van der Waals surface area (Å²) < 4.78 is 14.3. The van der Waals surface area contributed by atoms with Gasteiger partial charge in [-0.2, -0.15) is 5.10 Å². The predicted molar refractivity (Wildman–Crippen MR) is 174 cm³/mol. The van der Waals surface area contributed by atoms with Crippen molar-refractivity contribution in [2.24, 2.45) is 0 Å². The van der Waals surface area contributed by atoms with Gasteiger partial charge in [-0.05, 0) is 82.0 Å². The minimum atomic E-state index is -0.629. The van der Waals surface area contributed by atoms with Crippen molar-refractivity contribution in [2.75, 3.05) is 37.1 Å². The number of thioether (sulfide) groups is 1. The molecular formula is C32H40ClN7O4S. The SMILES string of the molecule is CSc1nc2c(c(N3CCCn4nc(C(=O)N(C)C)cc4C3)n1)COC1(CCCc3c(Cl)cc(NC(=O)OC(C)(C)C)cc31)C2. The molecule has 1 aromatic carbocycles. The van der Waals surface area contributed by atoms with Gasteiger partial charge in [-0.15, -0.1) is 0 Å². The Hall–Kier alpha value is -3.35. The highest BCUT2D eigenvalue weighted by Gasteiger charge is 2.44. The number of amides is 2. The summed E-state index contributed by atoms with van der Waals surface area (Å²) in [6.45, 7) is 7.94. The van der Waals surface area contributed by atoms with Gasteiger partial charge in [-0.1, -0.05) is 23.4 Å². The number of carbonyl (C=O) groups is 2. The van der Waals surface area contributed by atoms with E-state index in [1.165, 1.54) is 11.8 Å². The fraction of sp³-hybridized carbons (Fsp3) is 0.531. The van der Waals surface area contributed by atoms with Gasteiger partial charge in [0.2, 0.25) is 0 Å². The first-order chi connectivity index (χ1) is 21.4. The zero-order chi connectivity index (χ0) is 32.1. The second kappa shape index (κ2) is 12.1. The Morgan fingerprint density at radius 2 is 1.93 bits per heavy atom. The van der Waals surface area contributed by atoms with Gasteiger partial charge >= 0.3 is 6.09 Å².